The molecule has 10 rings (SSSR count). The number of nitrogens with zero attached hydrogens (tertiary/aromatic N) is 1. The van der Waals surface area contributed by atoms with E-state index >= 15 is 0 Å². The molecule has 3 N–H and O–H groups in total. The van der Waals surface area contributed by atoms with Crippen LogP contribution in [0.3, 0.4) is 0 Å². The number of esters is 2. The van der Waals surface area contributed by atoms with Gasteiger partial charge in [0, 0.05) is 64.3 Å². The number of piperidine rings is 3. The summed E-state index contributed by atoms with van der Waals surface area (Å²) in [6, 6.07) is 13.0. The van der Waals surface area contributed by atoms with Crippen LogP contribution in [0.15, 0.2) is 36.4 Å². The van der Waals surface area contributed by atoms with Crippen LogP contribution in [0.2, 0.25) is 0 Å². The van der Waals surface area contributed by atoms with E-state index in [1.807, 2.05) is 0 Å². The molecule has 2 aromatic heterocycles. The summed E-state index contributed by atoms with van der Waals surface area (Å²) in [5, 5.41) is 6.16. The van der Waals surface area contributed by atoms with Crippen molar-refractivity contribution in [1.29, 1.82) is 0 Å². The van der Waals surface area contributed by atoms with Crippen LogP contribution in [0.4, 0.5) is 0 Å². The van der Waals surface area contributed by atoms with E-state index in [1.54, 1.807) is 14.2 Å². The van der Waals surface area contributed by atoms with Gasteiger partial charge < -0.3 is 29.5 Å². The molecule has 9 nitrogen and oxygen atoms in total. The number of rotatable bonds is 6. The first-order valence-electron chi connectivity index (χ1n) is 19.3. The van der Waals surface area contributed by atoms with E-state index in [9.17, 15) is 9.59 Å². The maximum Gasteiger partial charge on any atom is 0.319 e. The lowest BCUT2D eigenvalue weighted by molar-refractivity contribution is -0.162. The molecular formula is C42H52N4O5. The van der Waals surface area contributed by atoms with Gasteiger partial charge in [-0.3, -0.25) is 14.5 Å². The predicted molar refractivity (Wildman–Crippen MR) is 197 cm³/mol. The van der Waals surface area contributed by atoms with Gasteiger partial charge in [-0.1, -0.05) is 44.9 Å². The van der Waals surface area contributed by atoms with E-state index in [0.29, 0.717) is 17.8 Å². The molecule has 270 valence electrons. The van der Waals surface area contributed by atoms with Gasteiger partial charge in [0.1, 0.15) is 11.2 Å². The molecule has 51 heavy (non-hydrogen) atoms. The highest BCUT2D eigenvalue weighted by Gasteiger charge is 2.63. The van der Waals surface area contributed by atoms with Gasteiger partial charge in [0.2, 0.25) is 0 Å². The smallest absolute Gasteiger partial charge is 0.319 e. The van der Waals surface area contributed by atoms with Crippen LogP contribution >= 0.6 is 0 Å². The van der Waals surface area contributed by atoms with Crippen molar-refractivity contribution >= 4 is 33.7 Å². The van der Waals surface area contributed by atoms with E-state index in [2.05, 4.69) is 70.4 Å². The lowest BCUT2D eigenvalue weighted by Gasteiger charge is -2.57. The number of hydrogen-bond donors (Lipinski definition) is 3. The van der Waals surface area contributed by atoms with Crippen LogP contribution in [0.25, 0.3) is 21.8 Å². The topological polar surface area (TPSA) is 109 Å². The van der Waals surface area contributed by atoms with Crippen LogP contribution in [0, 0.1) is 29.6 Å². The number of nitrogens with one attached hydrogen (secondary N) is 3. The Bertz CT molecular complexity index is 2010. The van der Waals surface area contributed by atoms with Crippen LogP contribution in [-0.2, 0) is 37.3 Å². The monoisotopic (exact) mass is 692 g/mol. The van der Waals surface area contributed by atoms with Crippen molar-refractivity contribution in [1.82, 2.24) is 20.2 Å². The Kier molecular flexibility index (Phi) is 8.04. The quantitative estimate of drug-likeness (QED) is 0.206. The molecule has 3 saturated heterocycles. The molecule has 2 aliphatic carbocycles. The average molecular weight is 693 g/mol. The van der Waals surface area contributed by atoms with E-state index in [0.717, 1.165) is 86.2 Å². The van der Waals surface area contributed by atoms with Crippen molar-refractivity contribution < 1.29 is 23.8 Å². The molecule has 0 spiro atoms. The Morgan fingerprint density at radius 2 is 1.76 bits per heavy atom. The summed E-state index contributed by atoms with van der Waals surface area (Å²) < 4.78 is 17.6. The Morgan fingerprint density at radius 3 is 2.53 bits per heavy atom. The van der Waals surface area contributed by atoms with Crippen molar-refractivity contribution in [2.45, 2.75) is 82.2 Å². The van der Waals surface area contributed by atoms with Crippen molar-refractivity contribution in [3.8, 4) is 5.75 Å². The fourth-order valence-corrected chi connectivity index (χ4v) is 12.2. The third-order valence-corrected chi connectivity index (χ3v) is 14.2. The van der Waals surface area contributed by atoms with Crippen molar-refractivity contribution in [3.05, 3.63) is 64.5 Å². The molecule has 1 saturated carbocycles. The number of H-pyrrole nitrogens is 2. The van der Waals surface area contributed by atoms with Gasteiger partial charge in [0.25, 0.3) is 0 Å². The maximum absolute atomic E-state index is 14.4. The molecule has 10 atom stereocenters. The number of ether oxygens (including phenoxy) is 3. The number of para-hydroxylation sites is 1. The largest absolute Gasteiger partial charge is 0.496 e. The number of methoxy groups -OCH3 is 3. The second-order valence-electron chi connectivity index (χ2n) is 16.2. The predicted octanol–water partition coefficient (Wildman–Crippen LogP) is 6.23. The number of hydrogen-bond acceptors (Lipinski definition) is 7. The molecule has 2 aromatic carbocycles. The van der Waals surface area contributed by atoms with E-state index < -0.39 is 5.41 Å². The third kappa shape index (κ3) is 4.65. The molecule has 6 heterocycles. The summed E-state index contributed by atoms with van der Waals surface area (Å²) in [4.78, 5) is 38.7. The van der Waals surface area contributed by atoms with Crippen LogP contribution < -0.4 is 10.1 Å². The number of benzene rings is 2. The minimum Gasteiger partial charge on any atom is -0.496 e. The number of aromatic amines is 2. The lowest BCUT2D eigenvalue weighted by atomic mass is 9.56. The second kappa shape index (κ2) is 12.4. The van der Waals surface area contributed by atoms with Gasteiger partial charge >= 0.3 is 11.9 Å². The SMILES string of the molecule is CCC1CNC2Cc3c([nH]c4ccccc34)C(c3c(OC)ccc4c5c([nH]c34)C3(C(=O)OC)CC4CC(CC)C3N(CC5)C4)CC1C2C(=O)OC. The minimum absolute atomic E-state index is 0.0144. The number of fused-ring (bicyclic) bond motifs is 9. The van der Waals surface area contributed by atoms with Crippen LogP contribution in [0.5, 0.6) is 5.75 Å². The summed E-state index contributed by atoms with van der Waals surface area (Å²) in [6.45, 7) is 7.39. The molecule has 4 fully saturated rings. The summed E-state index contributed by atoms with van der Waals surface area (Å²) in [5.74, 6) is 1.57. The standard InChI is InChI=1S/C42H52N4O5/c1-6-23-16-22-19-42(41(48)51-5)38-27(14-15-46(21-22)39(23)42)26-12-13-33(49-3)35(37(26)45-38)30-17-28-24(7-2)20-43-32(34(28)40(47)50-4)18-29-25-10-8-9-11-31(25)44-36(29)30/h8-13,22-24,28,30,32,34,39,43-45H,6-7,14-21H2,1-5H3. The van der Waals surface area contributed by atoms with Gasteiger partial charge in [-0.05, 0) is 91.6 Å². The van der Waals surface area contributed by atoms with Gasteiger partial charge in [-0.15, -0.1) is 0 Å². The van der Waals surface area contributed by atoms with E-state index in [1.165, 1.54) is 41.1 Å². The highest BCUT2D eigenvalue weighted by Crippen LogP contribution is 2.57. The van der Waals surface area contributed by atoms with Gasteiger partial charge in [-0.25, -0.2) is 0 Å². The molecule has 0 radical (unpaired) electrons. The normalized spacial score (nSPS) is 33.9. The van der Waals surface area contributed by atoms with Crippen molar-refractivity contribution in [2.75, 3.05) is 41.0 Å². The number of aromatic nitrogens is 2. The summed E-state index contributed by atoms with van der Waals surface area (Å²) in [5.41, 5.74) is 7.26. The fourth-order valence-electron chi connectivity index (χ4n) is 12.2. The summed E-state index contributed by atoms with van der Waals surface area (Å²) in [6.07, 6.45) is 6.39. The zero-order valence-corrected chi connectivity index (χ0v) is 30.6. The van der Waals surface area contributed by atoms with Crippen LogP contribution in [-0.4, -0.2) is 79.9 Å². The lowest BCUT2D eigenvalue weighted by Crippen LogP contribution is -2.67. The maximum atomic E-state index is 14.4. The molecule has 4 aromatic rings. The van der Waals surface area contributed by atoms with Crippen LogP contribution in [0.1, 0.15) is 79.9 Å². The fraction of sp³-hybridized carbons (Fsp3) is 0.571. The Labute approximate surface area is 300 Å². The van der Waals surface area contributed by atoms with Gasteiger partial charge in [-0.2, -0.15) is 0 Å². The first kappa shape index (κ1) is 33.0. The highest BCUT2D eigenvalue weighted by molar-refractivity contribution is 5.95. The van der Waals surface area contributed by atoms with E-state index in [4.69, 9.17) is 14.2 Å². The highest BCUT2D eigenvalue weighted by atomic mass is 16.5. The summed E-state index contributed by atoms with van der Waals surface area (Å²) >= 11 is 0. The first-order chi connectivity index (χ1) is 24.9. The van der Waals surface area contributed by atoms with Crippen molar-refractivity contribution in [2.24, 2.45) is 29.6 Å². The van der Waals surface area contributed by atoms with Crippen molar-refractivity contribution in [3.63, 3.8) is 0 Å². The Morgan fingerprint density at radius 1 is 0.941 bits per heavy atom. The molecule has 0 amide bonds. The number of carbonyl (C=O) groups excluding carboxylic acids is 2. The molecule has 9 heteroatoms. The Hall–Kier alpha value is -3.82. The molecule has 6 aliphatic rings. The zero-order valence-electron chi connectivity index (χ0n) is 30.6. The molecule has 6 bridgehead atoms. The minimum atomic E-state index is -0.745. The average Bonchev–Trinajstić information content (AvgIpc) is 3.70. The van der Waals surface area contributed by atoms with Gasteiger partial charge in [0.05, 0.1) is 32.8 Å². The molecular weight excluding hydrogens is 640 g/mol. The van der Waals surface area contributed by atoms with Gasteiger partial charge in [0.15, 0.2) is 0 Å². The first-order valence-corrected chi connectivity index (χ1v) is 19.3. The Balaban J connectivity index is 1.31. The zero-order chi connectivity index (χ0) is 35.2. The number of carbonyl (C=O) groups is 2. The molecule has 10 unspecified atom stereocenters. The van der Waals surface area contributed by atoms with E-state index in [-0.39, 0.29) is 41.8 Å². The summed E-state index contributed by atoms with van der Waals surface area (Å²) in [7, 11) is 4.86. The molecule has 4 aliphatic heterocycles. The second-order valence-corrected chi connectivity index (χ2v) is 16.2. The third-order valence-electron chi connectivity index (χ3n) is 14.2.